The molecule has 20 heterocycles. The van der Waals surface area contributed by atoms with Gasteiger partial charge in [-0.2, -0.15) is 0 Å². The van der Waals surface area contributed by atoms with E-state index in [0.717, 1.165) is 112 Å². The Morgan fingerprint density at radius 1 is 0.132 bits per heavy atom. The third kappa shape index (κ3) is 15.6. The summed E-state index contributed by atoms with van der Waals surface area (Å²) in [4.78, 5) is 54.8. The van der Waals surface area contributed by atoms with Crippen LogP contribution in [0.25, 0.3) is 225 Å². The van der Waals surface area contributed by atoms with E-state index in [0.29, 0.717) is 69.6 Å². The second kappa shape index (κ2) is 37.4. The molecule has 0 fully saturated rings. The molecule has 0 bridgehead atoms. The highest BCUT2D eigenvalue weighted by atomic mass is 15.3. The number of aromatic nitrogens is 28. The molecule has 20 aromatic heterocycles. The molecular weight excluding hydrogens is 1790 g/mol. The van der Waals surface area contributed by atoms with Gasteiger partial charge in [0.15, 0.2) is 46.6 Å². The van der Waals surface area contributed by atoms with Crippen LogP contribution in [-0.4, -0.2) is 137 Å². The highest BCUT2D eigenvalue weighted by Crippen LogP contribution is 2.40. The Morgan fingerprint density at radius 3 is 0.549 bits per heavy atom. The summed E-state index contributed by atoms with van der Waals surface area (Å²) in [7, 11) is 0. The lowest BCUT2D eigenvalue weighted by atomic mass is 10.2. The second-order valence-electron chi connectivity index (χ2n) is 33.5. The van der Waals surface area contributed by atoms with Crippen molar-refractivity contribution in [3.63, 3.8) is 0 Å². The van der Waals surface area contributed by atoms with Crippen molar-refractivity contribution < 1.29 is 0 Å². The van der Waals surface area contributed by atoms with Crippen LogP contribution in [0.4, 0.5) is 0 Å². The van der Waals surface area contributed by atoms with Crippen molar-refractivity contribution in [2.75, 3.05) is 0 Å². The molecule has 28 rings (SSSR count). The number of pyridine rings is 12. The van der Waals surface area contributed by atoms with Gasteiger partial charge in [0.05, 0.1) is 91.7 Å². The van der Waals surface area contributed by atoms with Crippen molar-refractivity contribution in [1.29, 1.82) is 0 Å². The molecule has 0 amide bonds. The van der Waals surface area contributed by atoms with E-state index in [1.54, 1.807) is 62.0 Å². The van der Waals surface area contributed by atoms with E-state index in [2.05, 4.69) is 305 Å². The minimum atomic E-state index is 0.605. The molecule has 0 N–H and O–H groups in total. The van der Waals surface area contributed by atoms with Crippen LogP contribution in [0, 0.1) is 0 Å². The lowest BCUT2D eigenvalue weighted by Crippen LogP contribution is -2.05. The highest BCUT2D eigenvalue weighted by molar-refractivity contribution is 6.12. The summed E-state index contributed by atoms with van der Waals surface area (Å²) in [6.45, 7) is 0. The number of para-hydroxylation sites is 8. The van der Waals surface area contributed by atoms with Crippen molar-refractivity contribution in [2.45, 2.75) is 0 Å². The first-order valence-corrected chi connectivity index (χ1v) is 46.4. The van der Waals surface area contributed by atoms with Crippen molar-refractivity contribution >= 4 is 87.2 Å². The Labute approximate surface area is 820 Å². The molecule has 28 heteroatoms. The molecular formula is C116H76N28. The molecule has 0 saturated heterocycles. The first-order chi connectivity index (χ1) is 71.5. The summed E-state index contributed by atoms with van der Waals surface area (Å²) < 4.78 is 16.7. The molecule has 0 aliphatic rings. The van der Waals surface area contributed by atoms with Crippen LogP contribution >= 0.6 is 0 Å². The second-order valence-corrected chi connectivity index (χ2v) is 33.5. The van der Waals surface area contributed by atoms with Crippen LogP contribution in [-0.2, 0) is 0 Å². The Balaban J connectivity index is 0.000000101. The van der Waals surface area contributed by atoms with E-state index in [9.17, 15) is 0 Å². The van der Waals surface area contributed by atoms with Gasteiger partial charge in [0, 0.05) is 116 Å². The summed E-state index contributed by atoms with van der Waals surface area (Å²) in [6.07, 6.45) is 25.0. The van der Waals surface area contributed by atoms with Crippen LogP contribution in [0.2, 0.25) is 0 Å². The molecule has 0 aliphatic carbocycles. The molecule has 0 aliphatic heterocycles. The minimum absolute atomic E-state index is 0.605. The predicted octanol–water partition coefficient (Wildman–Crippen LogP) is 23.5. The Kier molecular flexibility index (Phi) is 22.1. The van der Waals surface area contributed by atoms with Gasteiger partial charge in [-0.3, -0.25) is 67.3 Å². The first kappa shape index (κ1) is 85.0. The summed E-state index contributed by atoms with van der Waals surface area (Å²) in [5.41, 5.74) is 18.8. The maximum absolute atomic E-state index is 4.90. The molecule has 0 saturated carbocycles. The molecule has 28 aromatic rings. The Bertz CT molecular complexity index is 7930. The normalized spacial score (nSPS) is 11.3. The zero-order valence-corrected chi connectivity index (χ0v) is 76.4. The van der Waals surface area contributed by atoms with Crippen LogP contribution < -0.4 is 0 Å². The molecule has 28 nitrogen and oxygen atoms in total. The van der Waals surface area contributed by atoms with Gasteiger partial charge in [-0.25, -0.2) is 19.9 Å². The Morgan fingerprint density at radius 2 is 0.319 bits per heavy atom. The van der Waals surface area contributed by atoms with Crippen LogP contribution in [0.5, 0.6) is 0 Å². The smallest absolute Gasteiger partial charge is 0.188 e. The number of fused-ring (bicyclic) bond motifs is 12. The van der Waals surface area contributed by atoms with E-state index in [-0.39, 0.29) is 0 Å². The average molecular weight is 1860 g/mol. The molecule has 0 spiro atoms. The predicted molar refractivity (Wildman–Crippen MR) is 560 cm³/mol. The quantitative estimate of drug-likeness (QED) is 0.0868. The van der Waals surface area contributed by atoms with Gasteiger partial charge in [0.1, 0.15) is 57.4 Å². The molecule has 680 valence electrons. The molecule has 144 heavy (non-hydrogen) atoms. The average Bonchev–Trinajstić information content (AvgIpc) is 1.60. The molecule has 8 aromatic carbocycles. The van der Waals surface area contributed by atoms with E-state index >= 15 is 0 Å². The SMILES string of the molecule is c1ccc(-c2nnc(-c3ccccn3)n2-c2ccc(-n3c4ccccc4c4ccccc43)cn2)nc1.c1ccc(-c2nnc(-c3ccccn3)n2-c2ccc(-n3c4ccccc4c4ccccc43)nc2)nc1.c1ccc(-c2nnc(-c3ccncc3)n2-c2ccc(-n3c4ccccc4c4ccccc43)cn2)nc1.c1ccc(-c2nnc(-c3ccncc3)n2-c2ccc(-n3c4ccccc4c4ccccc43)nc2)nc1. The van der Waals surface area contributed by atoms with E-state index < -0.39 is 0 Å². The van der Waals surface area contributed by atoms with Gasteiger partial charge in [-0.1, -0.05) is 182 Å². The number of hydrogen-bond acceptors (Lipinski definition) is 20. The van der Waals surface area contributed by atoms with Crippen LogP contribution in [0.15, 0.2) is 463 Å². The van der Waals surface area contributed by atoms with Gasteiger partial charge in [0.25, 0.3) is 0 Å². The summed E-state index contributed by atoms with van der Waals surface area (Å²) >= 11 is 0. The van der Waals surface area contributed by atoms with E-state index in [4.69, 9.17) is 19.9 Å². The summed E-state index contributed by atoms with van der Waals surface area (Å²) in [5.74, 6) is 8.18. The van der Waals surface area contributed by atoms with E-state index in [1.165, 1.54) is 43.1 Å². The van der Waals surface area contributed by atoms with E-state index in [1.807, 2.05) is 213 Å². The number of hydrogen-bond donors (Lipinski definition) is 0. The largest absolute Gasteiger partial charge is 0.308 e. The molecule has 0 atom stereocenters. The highest BCUT2D eigenvalue weighted by Gasteiger charge is 2.27. The van der Waals surface area contributed by atoms with Crippen molar-refractivity contribution in [3.8, 4) is 138 Å². The third-order valence-electron chi connectivity index (χ3n) is 25.1. The van der Waals surface area contributed by atoms with Crippen molar-refractivity contribution in [3.05, 3.63) is 463 Å². The lowest BCUT2D eigenvalue weighted by Gasteiger charge is -2.12. The molecule has 0 unspecified atom stereocenters. The van der Waals surface area contributed by atoms with Gasteiger partial charge in [-0.05, 0) is 194 Å². The Hall–Kier alpha value is -20.7. The fourth-order valence-corrected chi connectivity index (χ4v) is 18.7. The maximum atomic E-state index is 4.90. The third-order valence-corrected chi connectivity index (χ3v) is 25.1. The van der Waals surface area contributed by atoms with Gasteiger partial charge in [0.2, 0.25) is 0 Å². The monoisotopic (exact) mass is 1860 g/mol. The fourth-order valence-electron chi connectivity index (χ4n) is 18.7. The fraction of sp³-hybridized carbons (Fsp3) is 0. The number of nitrogens with zero attached hydrogens (tertiary/aromatic N) is 28. The zero-order chi connectivity index (χ0) is 95.6. The van der Waals surface area contributed by atoms with Crippen molar-refractivity contribution in [1.82, 2.24) is 137 Å². The van der Waals surface area contributed by atoms with Crippen molar-refractivity contribution in [2.24, 2.45) is 0 Å². The van der Waals surface area contributed by atoms with Crippen LogP contribution in [0.3, 0.4) is 0 Å². The standard InChI is InChI=1S/4C29H19N7/c1-3-13-25-21(9-1)22-10-2-4-14-26(22)36(25)27-16-15-20(19-32-27)35-28(23-11-5-7-17-30-23)33-34-29(35)24-12-6-8-18-31-24;1-3-13-25-21(9-1)22-10-2-4-14-26(22)35(25)20-15-16-27(32-19-20)36-28(23-11-5-7-17-30-23)33-34-29(36)24-12-6-8-18-31-24;1-3-10-25-22(7-1)23-8-2-4-11-26(23)36(25)27-13-12-21(19-32-27)35-28(20-14-17-30-18-15-20)33-34-29(35)24-9-5-6-16-31-24;1-3-10-25-22(7-1)23-8-2-4-11-26(23)35(25)21-12-13-27(32-19-21)36-28(20-14-17-30-18-15-20)33-34-29(36)24-9-5-6-16-31-24/h4*1-19H. The topological polar surface area (TPSA) is 297 Å². The number of benzene rings is 8. The first-order valence-electron chi connectivity index (χ1n) is 46.4. The number of rotatable bonds is 16. The lowest BCUT2D eigenvalue weighted by molar-refractivity contribution is 0.982. The van der Waals surface area contributed by atoms with Gasteiger partial charge in [-0.15, -0.1) is 40.8 Å². The molecule has 0 radical (unpaired) electrons. The van der Waals surface area contributed by atoms with Crippen LogP contribution in [0.1, 0.15) is 0 Å². The summed E-state index contributed by atoms with van der Waals surface area (Å²) in [6, 6.07) is 126. The maximum Gasteiger partial charge on any atom is 0.188 e. The summed E-state index contributed by atoms with van der Waals surface area (Å²) in [5, 5.41) is 45.5. The van der Waals surface area contributed by atoms with Gasteiger partial charge < -0.3 is 9.13 Å². The zero-order valence-electron chi connectivity index (χ0n) is 76.4. The minimum Gasteiger partial charge on any atom is -0.308 e. The van der Waals surface area contributed by atoms with Gasteiger partial charge >= 0.3 is 0 Å².